The summed E-state index contributed by atoms with van der Waals surface area (Å²) in [6.07, 6.45) is 13.8. The molecule has 0 radical (unpaired) electrons. The van der Waals surface area contributed by atoms with Crippen LogP contribution in [0.4, 0.5) is 0 Å². The summed E-state index contributed by atoms with van der Waals surface area (Å²) in [5, 5.41) is 0. The van der Waals surface area contributed by atoms with Gasteiger partial charge in [-0.3, -0.25) is 0 Å². The van der Waals surface area contributed by atoms with E-state index in [0.29, 0.717) is 11.3 Å². The predicted molar refractivity (Wildman–Crippen MR) is 121 cm³/mol. The smallest absolute Gasteiger partial charge is 0.343 e. The number of unbranched alkanes of at least 4 members (excludes halogenated alkanes) is 4. The highest BCUT2D eigenvalue weighted by atomic mass is 16.5. The van der Waals surface area contributed by atoms with Crippen molar-refractivity contribution in [2.75, 3.05) is 0 Å². The molecule has 29 heavy (non-hydrogen) atoms. The third-order valence-corrected chi connectivity index (χ3v) is 6.16. The molecule has 0 aromatic heterocycles. The summed E-state index contributed by atoms with van der Waals surface area (Å²) >= 11 is 0. The third-order valence-electron chi connectivity index (χ3n) is 6.16. The van der Waals surface area contributed by atoms with Crippen molar-refractivity contribution >= 4 is 5.97 Å². The summed E-state index contributed by atoms with van der Waals surface area (Å²) < 4.78 is 5.59. The predicted octanol–water partition coefficient (Wildman–Crippen LogP) is 7.32. The summed E-state index contributed by atoms with van der Waals surface area (Å²) in [4.78, 5) is 12.6. The molecular weight excluding hydrogens is 356 g/mol. The van der Waals surface area contributed by atoms with Crippen LogP contribution >= 0.6 is 0 Å². The van der Waals surface area contributed by atoms with Gasteiger partial charge in [-0.05, 0) is 72.6 Å². The van der Waals surface area contributed by atoms with Gasteiger partial charge < -0.3 is 4.74 Å². The Labute approximate surface area is 176 Å². The van der Waals surface area contributed by atoms with Gasteiger partial charge in [0.05, 0.1) is 5.56 Å². The van der Waals surface area contributed by atoms with Gasteiger partial charge in [0.2, 0.25) is 0 Å². The number of rotatable bonds is 10. The van der Waals surface area contributed by atoms with Crippen LogP contribution < -0.4 is 4.74 Å². The van der Waals surface area contributed by atoms with Crippen molar-refractivity contribution in [3.63, 3.8) is 0 Å². The van der Waals surface area contributed by atoms with Gasteiger partial charge in [0.25, 0.3) is 0 Å². The molecule has 0 fully saturated rings. The number of fused-ring (bicyclic) bond motifs is 1. The Kier molecular flexibility index (Phi) is 8.34. The fourth-order valence-corrected chi connectivity index (χ4v) is 4.42. The van der Waals surface area contributed by atoms with E-state index in [4.69, 9.17) is 4.74 Å². The fraction of sp³-hybridized carbons (Fsp3) is 0.519. The van der Waals surface area contributed by atoms with Crippen LogP contribution in [-0.4, -0.2) is 5.97 Å². The lowest BCUT2D eigenvalue weighted by Crippen LogP contribution is -2.16. The first-order valence-electron chi connectivity index (χ1n) is 11.6. The molecule has 2 aromatic rings. The Balaban J connectivity index is 1.53. The quantitative estimate of drug-likeness (QED) is 0.240. The number of benzene rings is 2. The van der Waals surface area contributed by atoms with Crippen molar-refractivity contribution in [1.29, 1.82) is 0 Å². The monoisotopic (exact) mass is 392 g/mol. The Morgan fingerprint density at radius 3 is 2.48 bits per heavy atom. The van der Waals surface area contributed by atoms with E-state index in [9.17, 15) is 4.79 Å². The average Bonchev–Trinajstić information content (AvgIpc) is 2.74. The number of carbonyl (C=O) groups is 1. The van der Waals surface area contributed by atoms with Crippen LogP contribution in [0.2, 0.25) is 0 Å². The first-order valence-corrected chi connectivity index (χ1v) is 11.6. The standard InChI is InChI=1S/C27H36O2/c1-3-5-6-7-8-10-22-11-14-24-20-25(16-15-23(24)19-22)27(28)29-26-17-12-21(9-4-2)13-18-26/h12-13,15-18,20,22H,3-11,14,19H2,1-2H3. The van der Waals surface area contributed by atoms with Gasteiger partial charge in [-0.1, -0.05) is 77.0 Å². The van der Waals surface area contributed by atoms with Gasteiger partial charge in [-0.15, -0.1) is 0 Å². The number of carbonyl (C=O) groups excluding carboxylic acids is 1. The second kappa shape index (κ2) is 11.2. The van der Waals surface area contributed by atoms with E-state index in [1.165, 1.54) is 61.6 Å². The maximum absolute atomic E-state index is 12.6. The highest BCUT2D eigenvalue weighted by Gasteiger charge is 2.20. The molecule has 0 saturated carbocycles. The summed E-state index contributed by atoms with van der Waals surface area (Å²) in [5.41, 5.74) is 4.70. The molecule has 1 unspecified atom stereocenters. The summed E-state index contributed by atoms with van der Waals surface area (Å²) in [6, 6.07) is 14.0. The molecule has 0 spiro atoms. The number of aryl methyl sites for hydroxylation is 2. The molecule has 1 aliphatic carbocycles. The molecular formula is C27H36O2. The topological polar surface area (TPSA) is 26.3 Å². The number of ether oxygens (including phenoxy) is 1. The second-order valence-corrected chi connectivity index (χ2v) is 8.58. The van der Waals surface area contributed by atoms with Crippen LogP contribution in [0.1, 0.15) is 92.3 Å². The van der Waals surface area contributed by atoms with E-state index in [0.717, 1.165) is 31.6 Å². The number of hydrogen-bond acceptors (Lipinski definition) is 2. The zero-order valence-corrected chi connectivity index (χ0v) is 18.2. The van der Waals surface area contributed by atoms with E-state index in [-0.39, 0.29) is 5.97 Å². The molecule has 0 N–H and O–H groups in total. The van der Waals surface area contributed by atoms with Crippen molar-refractivity contribution < 1.29 is 9.53 Å². The highest BCUT2D eigenvalue weighted by molar-refractivity contribution is 5.91. The van der Waals surface area contributed by atoms with Gasteiger partial charge >= 0.3 is 5.97 Å². The lowest BCUT2D eigenvalue weighted by Gasteiger charge is -2.25. The molecule has 2 nitrogen and oxygen atoms in total. The van der Waals surface area contributed by atoms with Crippen LogP contribution in [0.15, 0.2) is 42.5 Å². The van der Waals surface area contributed by atoms with Crippen LogP contribution in [0, 0.1) is 5.92 Å². The molecule has 1 atom stereocenters. The van der Waals surface area contributed by atoms with Crippen LogP contribution in [0.3, 0.4) is 0 Å². The Morgan fingerprint density at radius 1 is 0.931 bits per heavy atom. The van der Waals surface area contributed by atoms with E-state index in [2.05, 4.69) is 26.0 Å². The zero-order chi connectivity index (χ0) is 20.5. The fourth-order valence-electron chi connectivity index (χ4n) is 4.42. The van der Waals surface area contributed by atoms with E-state index >= 15 is 0 Å². The van der Waals surface area contributed by atoms with Crippen LogP contribution in [-0.2, 0) is 19.3 Å². The van der Waals surface area contributed by atoms with E-state index < -0.39 is 0 Å². The molecule has 0 saturated heterocycles. The number of esters is 1. The van der Waals surface area contributed by atoms with Gasteiger partial charge in [-0.25, -0.2) is 4.79 Å². The highest BCUT2D eigenvalue weighted by Crippen LogP contribution is 2.30. The average molecular weight is 393 g/mol. The first-order chi connectivity index (χ1) is 14.2. The normalized spacial score (nSPS) is 15.7. The van der Waals surface area contributed by atoms with Crippen molar-refractivity contribution in [2.24, 2.45) is 5.92 Å². The van der Waals surface area contributed by atoms with Gasteiger partial charge in [0.1, 0.15) is 5.75 Å². The lowest BCUT2D eigenvalue weighted by atomic mass is 9.81. The SMILES string of the molecule is CCCCCCCC1CCc2cc(C(=O)Oc3ccc(CCC)cc3)ccc2C1. The minimum atomic E-state index is -0.255. The third kappa shape index (κ3) is 6.45. The van der Waals surface area contributed by atoms with Crippen molar-refractivity contribution in [3.8, 4) is 5.75 Å². The zero-order valence-electron chi connectivity index (χ0n) is 18.2. The van der Waals surface area contributed by atoms with Crippen LogP contribution in [0.5, 0.6) is 5.75 Å². The molecule has 156 valence electrons. The van der Waals surface area contributed by atoms with Crippen molar-refractivity contribution in [2.45, 2.75) is 84.5 Å². The second-order valence-electron chi connectivity index (χ2n) is 8.58. The summed E-state index contributed by atoms with van der Waals surface area (Å²) in [7, 11) is 0. The maximum Gasteiger partial charge on any atom is 0.343 e. The Hall–Kier alpha value is -2.09. The largest absolute Gasteiger partial charge is 0.423 e. The van der Waals surface area contributed by atoms with Crippen LogP contribution in [0.25, 0.3) is 0 Å². The van der Waals surface area contributed by atoms with Crippen molar-refractivity contribution in [1.82, 2.24) is 0 Å². The Bertz CT molecular complexity index is 776. The number of hydrogen-bond donors (Lipinski definition) is 0. The molecule has 2 heteroatoms. The molecule has 1 aliphatic rings. The molecule has 0 bridgehead atoms. The van der Waals surface area contributed by atoms with Gasteiger partial charge in [0.15, 0.2) is 0 Å². The van der Waals surface area contributed by atoms with Gasteiger partial charge in [0, 0.05) is 0 Å². The lowest BCUT2D eigenvalue weighted by molar-refractivity contribution is 0.0734. The van der Waals surface area contributed by atoms with E-state index in [1.54, 1.807) is 0 Å². The molecule has 0 amide bonds. The minimum absolute atomic E-state index is 0.255. The molecule has 0 aliphatic heterocycles. The summed E-state index contributed by atoms with van der Waals surface area (Å²) in [5.74, 6) is 1.17. The Morgan fingerprint density at radius 2 is 1.72 bits per heavy atom. The summed E-state index contributed by atoms with van der Waals surface area (Å²) in [6.45, 7) is 4.44. The molecule has 3 rings (SSSR count). The molecule has 0 heterocycles. The van der Waals surface area contributed by atoms with E-state index in [1.807, 2.05) is 30.3 Å². The minimum Gasteiger partial charge on any atom is -0.423 e. The maximum atomic E-state index is 12.6. The molecule has 2 aromatic carbocycles. The first kappa shape index (κ1) is 21.6. The van der Waals surface area contributed by atoms with Gasteiger partial charge in [-0.2, -0.15) is 0 Å². The van der Waals surface area contributed by atoms with Crippen molar-refractivity contribution in [3.05, 3.63) is 64.7 Å².